The highest BCUT2D eigenvalue weighted by atomic mass is 16.5. The Morgan fingerprint density at radius 2 is 1.80 bits per heavy atom. The first kappa shape index (κ1) is 15.3. The predicted molar refractivity (Wildman–Crippen MR) is 95.0 cm³/mol. The van der Waals surface area contributed by atoms with Crippen LogP contribution in [0.3, 0.4) is 0 Å². The number of fused-ring (bicyclic) bond motifs is 1. The maximum absolute atomic E-state index is 5.74. The zero-order valence-electron chi connectivity index (χ0n) is 14.0. The van der Waals surface area contributed by atoms with Crippen molar-refractivity contribution in [2.75, 3.05) is 6.61 Å². The van der Waals surface area contributed by atoms with Crippen LogP contribution in [0, 0.1) is 5.92 Å². The highest BCUT2D eigenvalue weighted by Gasteiger charge is 2.11. The monoisotopic (exact) mass is 334 g/mol. The van der Waals surface area contributed by atoms with Crippen molar-refractivity contribution in [3.63, 3.8) is 0 Å². The minimum atomic E-state index is 0.499. The van der Waals surface area contributed by atoms with Crippen molar-refractivity contribution in [3.8, 4) is 28.4 Å². The molecular weight excluding hydrogens is 316 g/mol. The van der Waals surface area contributed by atoms with E-state index in [1.807, 2.05) is 42.5 Å². The zero-order chi connectivity index (χ0) is 17.2. The summed E-state index contributed by atoms with van der Waals surface area (Å²) in [6, 6.07) is 13.9. The lowest BCUT2D eigenvalue weighted by atomic mass is 10.1. The highest BCUT2D eigenvalue weighted by molar-refractivity contribution is 5.95. The standard InChI is InChI=1S/C18H18N6O/c1-11(2)10-25-14-6-3-12(4-7-14)17-15-9-13(18-21-23-24-22-18)5-8-16(15)19-20-17/h3-9,11H,10H2,1-2H3,(H,19,20)(H,21,22,23,24). The summed E-state index contributed by atoms with van der Waals surface area (Å²) in [6.07, 6.45) is 0. The first-order valence-electron chi connectivity index (χ1n) is 8.16. The predicted octanol–water partition coefficient (Wildman–Crippen LogP) is 3.44. The van der Waals surface area contributed by atoms with Gasteiger partial charge in [-0.25, -0.2) is 0 Å². The molecule has 0 amide bonds. The molecule has 4 aromatic rings. The summed E-state index contributed by atoms with van der Waals surface area (Å²) in [5.74, 6) is 1.93. The fourth-order valence-corrected chi connectivity index (χ4v) is 2.63. The van der Waals surface area contributed by atoms with Gasteiger partial charge in [0.2, 0.25) is 5.82 Å². The highest BCUT2D eigenvalue weighted by Crippen LogP contribution is 2.30. The van der Waals surface area contributed by atoms with Crippen molar-refractivity contribution in [2.45, 2.75) is 13.8 Å². The van der Waals surface area contributed by atoms with Crippen LogP contribution in [0.5, 0.6) is 5.75 Å². The van der Waals surface area contributed by atoms with E-state index in [1.165, 1.54) is 0 Å². The fourth-order valence-electron chi connectivity index (χ4n) is 2.63. The van der Waals surface area contributed by atoms with Crippen LogP contribution in [-0.2, 0) is 0 Å². The second kappa shape index (κ2) is 6.35. The maximum atomic E-state index is 5.74. The molecule has 0 aliphatic heterocycles. The van der Waals surface area contributed by atoms with Gasteiger partial charge in [0, 0.05) is 16.5 Å². The Labute approximate surface area is 144 Å². The molecular formula is C18H18N6O. The van der Waals surface area contributed by atoms with Gasteiger partial charge in [-0.3, -0.25) is 5.10 Å². The Balaban J connectivity index is 1.68. The SMILES string of the molecule is CC(C)COc1ccc(-c2n[nH]c3ccc(-c4nn[nH]n4)cc23)cc1. The van der Waals surface area contributed by atoms with E-state index >= 15 is 0 Å². The number of benzene rings is 2. The summed E-state index contributed by atoms with van der Waals surface area (Å²) < 4.78 is 5.74. The first-order valence-corrected chi connectivity index (χ1v) is 8.16. The summed E-state index contributed by atoms with van der Waals surface area (Å²) in [7, 11) is 0. The van der Waals surface area contributed by atoms with Gasteiger partial charge in [-0.2, -0.15) is 10.3 Å². The second-order valence-electron chi connectivity index (χ2n) is 6.30. The Kier molecular flexibility index (Phi) is 3.89. The smallest absolute Gasteiger partial charge is 0.204 e. The molecule has 7 heteroatoms. The molecule has 0 aliphatic rings. The van der Waals surface area contributed by atoms with Crippen LogP contribution in [-0.4, -0.2) is 37.4 Å². The molecule has 0 saturated carbocycles. The lowest BCUT2D eigenvalue weighted by Gasteiger charge is -2.08. The molecule has 126 valence electrons. The van der Waals surface area contributed by atoms with E-state index in [0.29, 0.717) is 18.3 Å². The molecule has 0 aliphatic carbocycles. The van der Waals surface area contributed by atoms with E-state index in [2.05, 4.69) is 44.7 Å². The Hall–Kier alpha value is -3.22. The van der Waals surface area contributed by atoms with Crippen LogP contribution < -0.4 is 4.74 Å². The lowest BCUT2D eigenvalue weighted by molar-refractivity contribution is 0.271. The minimum Gasteiger partial charge on any atom is -0.493 e. The van der Waals surface area contributed by atoms with Gasteiger partial charge < -0.3 is 4.74 Å². The number of hydrogen-bond donors (Lipinski definition) is 2. The van der Waals surface area contributed by atoms with Gasteiger partial charge in [-0.15, -0.1) is 10.2 Å². The summed E-state index contributed by atoms with van der Waals surface area (Å²) in [5.41, 5.74) is 3.76. The zero-order valence-corrected chi connectivity index (χ0v) is 14.0. The summed E-state index contributed by atoms with van der Waals surface area (Å²) in [4.78, 5) is 0. The van der Waals surface area contributed by atoms with E-state index in [0.717, 1.165) is 33.5 Å². The van der Waals surface area contributed by atoms with Crippen LogP contribution >= 0.6 is 0 Å². The topological polar surface area (TPSA) is 92.4 Å². The number of rotatable bonds is 5. The van der Waals surface area contributed by atoms with Gasteiger partial charge in [0.05, 0.1) is 17.8 Å². The molecule has 4 rings (SSSR count). The molecule has 25 heavy (non-hydrogen) atoms. The molecule has 2 N–H and O–H groups in total. The van der Waals surface area contributed by atoms with Gasteiger partial charge >= 0.3 is 0 Å². The van der Waals surface area contributed by atoms with E-state index in [4.69, 9.17) is 4.74 Å². The molecule has 2 heterocycles. The van der Waals surface area contributed by atoms with Crippen LogP contribution in [0.15, 0.2) is 42.5 Å². The van der Waals surface area contributed by atoms with E-state index in [1.54, 1.807) is 0 Å². The van der Waals surface area contributed by atoms with E-state index in [9.17, 15) is 0 Å². The van der Waals surface area contributed by atoms with Gasteiger partial charge in [0.25, 0.3) is 0 Å². The number of nitrogens with one attached hydrogen (secondary N) is 2. The molecule has 0 spiro atoms. The summed E-state index contributed by atoms with van der Waals surface area (Å²) in [5, 5.41) is 22.7. The molecule has 0 saturated heterocycles. The third-order valence-corrected chi connectivity index (χ3v) is 3.88. The van der Waals surface area contributed by atoms with Crippen molar-refractivity contribution in [1.29, 1.82) is 0 Å². The molecule has 0 radical (unpaired) electrons. The van der Waals surface area contributed by atoms with E-state index < -0.39 is 0 Å². The van der Waals surface area contributed by atoms with Crippen LogP contribution in [0.4, 0.5) is 0 Å². The molecule has 0 atom stereocenters. The van der Waals surface area contributed by atoms with Gasteiger partial charge in [-0.05, 0) is 53.6 Å². The van der Waals surface area contributed by atoms with Crippen molar-refractivity contribution < 1.29 is 4.74 Å². The average molecular weight is 334 g/mol. The van der Waals surface area contributed by atoms with Gasteiger partial charge in [0.1, 0.15) is 5.75 Å². The van der Waals surface area contributed by atoms with Crippen LogP contribution in [0.25, 0.3) is 33.5 Å². The molecule has 2 aromatic carbocycles. The fraction of sp³-hybridized carbons (Fsp3) is 0.222. The Bertz CT molecular complexity index is 973. The van der Waals surface area contributed by atoms with Crippen LogP contribution in [0.2, 0.25) is 0 Å². The lowest BCUT2D eigenvalue weighted by Crippen LogP contribution is -2.04. The molecule has 0 bridgehead atoms. The quantitative estimate of drug-likeness (QED) is 0.583. The largest absolute Gasteiger partial charge is 0.493 e. The third kappa shape index (κ3) is 3.08. The Morgan fingerprint density at radius 1 is 1.00 bits per heavy atom. The normalized spacial score (nSPS) is 11.3. The number of tetrazole rings is 1. The number of aromatic amines is 2. The third-order valence-electron chi connectivity index (χ3n) is 3.88. The number of nitrogens with zero attached hydrogens (tertiary/aromatic N) is 4. The average Bonchev–Trinajstić information content (AvgIpc) is 3.29. The maximum Gasteiger partial charge on any atom is 0.204 e. The number of hydrogen-bond acceptors (Lipinski definition) is 5. The molecule has 0 unspecified atom stereocenters. The first-order chi connectivity index (χ1) is 12.2. The molecule has 0 fully saturated rings. The van der Waals surface area contributed by atoms with Crippen molar-refractivity contribution in [1.82, 2.24) is 30.8 Å². The Morgan fingerprint density at radius 3 is 2.52 bits per heavy atom. The molecule has 7 nitrogen and oxygen atoms in total. The summed E-state index contributed by atoms with van der Waals surface area (Å²) in [6.45, 7) is 4.97. The van der Waals surface area contributed by atoms with Gasteiger partial charge in [0.15, 0.2) is 0 Å². The van der Waals surface area contributed by atoms with Crippen molar-refractivity contribution in [2.24, 2.45) is 5.92 Å². The van der Waals surface area contributed by atoms with Crippen molar-refractivity contribution in [3.05, 3.63) is 42.5 Å². The van der Waals surface area contributed by atoms with Gasteiger partial charge in [-0.1, -0.05) is 13.8 Å². The number of aromatic nitrogens is 6. The number of ether oxygens (including phenoxy) is 1. The minimum absolute atomic E-state index is 0.499. The number of H-pyrrole nitrogens is 2. The second-order valence-corrected chi connectivity index (χ2v) is 6.30. The summed E-state index contributed by atoms with van der Waals surface area (Å²) >= 11 is 0. The van der Waals surface area contributed by atoms with Crippen molar-refractivity contribution >= 4 is 10.9 Å². The van der Waals surface area contributed by atoms with Crippen LogP contribution in [0.1, 0.15) is 13.8 Å². The molecule has 2 aromatic heterocycles. The van der Waals surface area contributed by atoms with E-state index in [-0.39, 0.29) is 0 Å².